The summed E-state index contributed by atoms with van der Waals surface area (Å²) in [5, 5.41) is 14.6. The minimum atomic E-state index is -0.467. The highest BCUT2D eigenvalue weighted by atomic mass is 16.6. The number of fused-ring (bicyclic) bond motifs is 2. The van der Waals surface area contributed by atoms with Crippen LogP contribution in [0.4, 0.5) is 17.1 Å². The molecule has 1 N–H and O–H groups in total. The number of carbonyl (C=O) groups is 2. The summed E-state index contributed by atoms with van der Waals surface area (Å²) in [6.45, 7) is 0.227. The molecule has 0 saturated heterocycles. The summed E-state index contributed by atoms with van der Waals surface area (Å²) >= 11 is 0. The van der Waals surface area contributed by atoms with Gasteiger partial charge in [0, 0.05) is 41.0 Å². The molecule has 3 aromatic carbocycles. The number of nitro groups is 1. The van der Waals surface area contributed by atoms with Crippen molar-refractivity contribution in [1.29, 1.82) is 0 Å². The highest BCUT2D eigenvalue weighted by Gasteiger charge is 2.32. The van der Waals surface area contributed by atoms with Crippen LogP contribution >= 0.6 is 0 Å². The van der Waals surface area contributed by atoms with Gasteiger partial charge in [0.1, 0.15) is 0 Å². The lowest BCUT2D eigenvalue weighted by molar-refractivity contribution is -0.384. The maximum Gasteiger partial charge on any atom is 0.269 e. The van der Waals surface area contributed by atoms with Gasteiger partial charge in [-0.3, -0.25) is 24.7 Å². The van der Waals surface area contributed by atoms with Crippen molar-refractivity contribution >= 4 is 45.4 Å². The number of rotatable bonds is 5. The lowest BCUT2D eigenvalue weighted by Crippen LogP contribution is -2.26. The van der Waals surface area contributed by atoms with Crippen LogP contribution in [0, 0.1) is 10.1 Å². The number of pyridine rings is 1. The van der Waals surface area contributed by atoms with E-state index in [1.807, 2.05) is 42.5 Å². The van der Waals surface area contributed by atoms with Crippen molar-refractivity contribution in [2.75, 3.05) is 10.2 Å². The third-order valence-electron chi connectivity index (χ3n) is 5.59. The van der Waals surface area contributed by atoms with Gasteiger partial charge in [0.25, 0.3) is 11.6 Å². The van der Waals surface area contributed by atoms with E-state index in [1.54, 1.807) is 35.4 Å². The van der Waals surface area contributed by atoms with Crippen molar-refractivity contribution in [3.63, 3.8) is 0 Å². The maximum absolute atomic E-state index is 13.3. The summed E-state index contributed by atoms with van der Waals surface area (Å²) in [5.41, 5.74) is 3.78. The van der Waals surface area contributed by atoms with Crippen molar-refractivity contribution < 1.29 is 14.5 Å². The van der Waals surface area contributed by atoms with Crippen LogP contribution in [-0.2, 0) is 16.1 Å². The molecule has 8 heteroatoms. The zero-order valence-corrected chi connectivity index (χ0v) is 17.8. The second kappa shape index (κ2) is 8.59. The number of hydrogen-bond acceptors (Lipinski definition) is 5. The Morgan fingerprint density at radius 3 is 2.62 bits per heavy atom. The molecule has 1 aliphatic rings. The van der Waals surface area contributed by atoms with Crippen LogP contribution in [0.2, 0.25) is 0 Å². The highest BCUT2D eigenvalue weighted by Crippen LogP contribution is 2.37. The van der Waals surface area contributed by atoms with Crippen LogP contribution in [0.25, 0.3) is 16.5 Å². The highest BCUT2D eigenvalue weighted by molar-refractivity contribution is 6.35. The van der Waals surface area contributed by atoms with E-state index in [9.17, 15) is 19.7 Å². The number of hydrogen-bond donors (Lipinski definition) is 1. The fourth-order valence-electron chi connectivity index (χ4n) is 3.97. The van der Waals surface area contributed by atoms with Crippen molar-refractivity contribution in [2.45, 2.75) is 6.54 Å². The normalized spacial score (nSPS) is 13.8. The zero-order chi connectivity index (χ0) is 23.7. The van der Waals surface area contributed by atoms with Crippen LogP contribution in [-0.4, -0.2) is 21.7 Å². The molecule has 1 aliphatic heterocycles. The number of benzene rings is 3. The molecule has 0 saturated carbocycles. The van der Waals surface area contributed by atoms with Gasteiger partial charge in [-0.05, 0) is 35.9 Å². The Bertz CT molecular complexity index is 1480. The molecule has 8 nitrogen and oxygen atoms in total. The predicted octanol–water partition coefficient (Wildman–Crippen LogP) is 4.71. The molecule has 0 radical (unpaired) electrons. The van der Waals surface area contributed by atoms with Crippen molar-refractivity contribution in [1.82, 2.24) is 4.98 Å². The summed E-state index contributed by atoms with van der Waals surface area (Å²) in [4.78, 5) is 42.3. The number of para-hydroxylation sites is 1. The Balaban J connectivity index is 1.40. The molecule has 0 aliphatic carbocycles. The number of carbonyl (C=O) groups excluding carboxylic acids is 2. The van der Waals surface area contributed by atoms with E-state index in [0.29, 0.717) is 16.9 Å². The van der Waals surface area contributed by atoms with Gasteiger partial charge in [0.05, 0.1) is 28.2 Å². The third-order valence-corrected chi connectivity index (χ3v) is 5.59. The summed E-state index contributed by atoms with van der Waals surface area (Å²) in [7, 11) is 0. The number of nitro benzene ring substituents is 1. The molecule has 1 aromatic heterocycles. The summed E-state index contributed by atoms with van der Waals surface area (Å²) in [6.07, 6.45) is 3.01. The molecule has 4 aromatic rings. The molecule has 0 spiro atoms. The lowest BCUT2D eigenvalue weighted by Gasteiger charge is -2.17. The van der Waals surface area contributed by atoms with Crippen LogP contribution in [0.1, 0.15) is 11.1 Å². The SMILES string of the molecule is O=C(/C=C1/C(=O)N(Cc2ccc([N+](=O)[O-])cc2)c2ccccc21)Nc1ccc2ncccc2c1. The van der Waals surface area contributed by atoms with Crippen LogP contribution < -0.4 is 10.2 Å². The van der Waals surface area contributed by atoms with E-state index in [-0.39, 0.29) is 23.7 Å². The fourth-order valence-corrected chi connectivity index (χ4v) is 3.97. The van der Waals surface area contributed by atoms with Crippen LogP contribution in [0.3, 0.4) is 0 Å². The predicted molar refractivity (Wildman–Crippen MR) is 129 cm³/mol. The number of non-ortho nitro benzene ring substituents is 1. The summed E-state index contributed by atoms with van der Waals surface area (Å²) < 4.78 is 0. The average molecular weight is 450 g/mol. The van der Waals surface area contributed by atoms with Crippen molar-refractivity contribution in [3.05, 3.63) is 112 Å². The molecule has 166 valence electrons. The van der Waals surface area contributed by atoms with Gasteiger partial charge < -0.3 is 10.2 Å². The quantitative estimate of drug-likeness (QED) is 0.269. The second-order valence-electron chi connectivity index (χ2n) is 7.79. The molecule has 0 atom stereocenters. The van der Waals surface area contributed by atoms with Gasteiger partial charge in [0.2, 0.25) is 5.91 Å². The second-order valence-corrected chi connectivity index (χ2v) is 7.79. The molecule has 34 heavy (non-hydrogen) atoms. The van der Waals surface area contributed by atoms with Gasteiger partial charge in [-0.15, -0.1) is 0 Å². The van der Waals surface area contributed by atoms with E-state index in [1.165, 1.54) is 18.2 Å². The summed E-state index contributed by atoms with van der Waals surface area (Å²) in [6, 6.07) is 22.4. The number of amides is 2. The molecular weight excluding hydrogens is 432 g/mol. The molecule has 0 bridgehead atoms. The number of nitrogens with one attached hydrogen (secondary N) is 1. The van der Waals surface area contributed by atoms with Gasteiger partial charge in [-0.2, -0.15) is 0 Å². The van der Waals surface area contributed by atoms with E-state index >= 15 is 0 Å². The third kappa shape index (κ3) is 4.00. The van der Waals surface area contributed by atoms with E-state index < -0.39 is 10.8 Å². The van der Waals surface area contributed by atoms with Crippen LogP contribution in [0.5, 0.6) is 0 Å². The minimum Gasteiger partial charge on any atom is -0.322 e. The molecule has 2 heterocycles. The van der Waals surface area contributed by atoms with Crippen LogP contribution in [0.15, 0.2) is 91.1 Å². The number of aromatic nitrogens is 1. The van der Waals surface area contributed by atoms with Gasteiger partial charge >= 0.3 is 0 Å². The smallest absolute Gasteiger partial charge is 0.269 e. The lowest BCUT2D eigenvalue weighted by atomic mass is 10.1. The largest absolute Gasteiger partial charge is 0.322 e. The molecule has 0 fully saturated rings. The fraction of sp³-hybridized carbons (Fsp3) is 0.0385. The average Bonchev–Trinajstić information content (AvgIpc) is 3.10. The van der Waals surface area contributed by atoms with Gasteiger partial charge in [-0.1, -0.05) is 36.4 Å². The maximum atomic E-state index is 13.3. The zero-order valence-electron chi connectivity index (χ0n) is 17.8. The Morgan fingerprint density at radius 1 is 1.03 bits per heavy atom. The van der Waals surface area contributed by atoms with Crippen molar-refractivity contribution in [3.8, 4) is 0 Å². The molecule has 0 unspecified atom stereocenters. The first-order valence-corrected chi connectivity index (χ1v) is 10.5. The Kier molecular flexibility index (Phi) is 5.31. The molecule has 2 amide bonds. The van der Waals surface area contributed by atoms with Gasteiger partial charge in [0.15, 0.2) is 0 Å². The van der Waals surface area contributed by atoms with Gasteiger partial charge in [-0.25, -0.2) is 0 Å². The van der Waals surface area contributed by atoms with E-state index in [4.69, 9.17) is 0 Å². The Hall–Kier alpha value is -4.85. The minimum absolute atomic E-state index is 0.0152. The topological polar surface area (TPSA) is 105 Å². The number of anilines is 2. The Morgan fingerprint density at radius 2 is 1.82 bits per heavy atom. The Labute approximate surface area is 194 Å². The monoisotopic (exact) mass is 450 g/mol. The van der Waals surface area contributed by atoms with E-state index in [0.717, 1.165) is 16.5 Å². The molecule has 5 rings (SSSR count). The first kappa shape index (κ1) is 21.0. The van der Waals surface area contributed by atoms with Crippen molar-refractivity contribution in [2.24, 2.45) is 0 Å². The number of nitrogens with zero attached hydrogens (tertiary/aromatic N) is 3. The summed E-state index contributed by atoms with van der Waals surface area (Å²) in [5.74, 6) is -0.726. The first-order valence-electron chi connectivity index (χ1n) is 10.5. The first-order chi connectivity index (χ1) is 16.5. The van der Waals surface area contributed by atoms with E-state index in [2.05, 4.69) is 10.3 Å². The standard InChI is InChI=1S/C26H18N4O4/c31-25(28-19-9-12-23-18(14-19)4-3-13-27-23)15-22-21-5-1-2-6-24(21)29(26(22)32)16-17-7-10-20(11-8-17)30(33)34/h1-15H,16H2,(H,28,31)/b22-15+. The molecular formula is C26H18N4O4.